The number of aliphatic hydroxyl groups excluding tert-OH is 8. The van der Waals surface area contributed by atoms with Crippen molar-refractivity contribution in [3.63, 3.8) is 0 Å². The molecule has 0 saturated carbocycles. The highest BCUT2D eigenvalue weighted by atomic mass is 32.2. The SMILES string of the molecule is CCCCCCCCCCCCCCC(CCCCCCCCCCCCCC)CO[C@@H]1O[C@@H](CO)[C@@H](O[C@@H]2O[C@@H](CO)[C@H](O)[C@H](S(=O)(=O)O)[C@@H]2O)[C@H](O[C@H]2O[C@@H](C)[C@@H](O)[C@H](O)[C@@H]2O)[C@@H]1O. The topological polar surface area (TPSA) is 272 Å². The molecule has 18 heteroatoms. The van der Waals surface area contributed by atoms with E-state index >= 15 is 0 Å². The Labute approximate surface area is 396 Å². The van der Waals surface area contributed by atoms with Crippen molar-refractivity contribution in [3.8, 4) is 0 Å². The monoisotopic (exact) mass is 973 g/mol. The van der Waals surface area contributed by atoms with Gasteiger partial charge in [0.15, 0.2) is 18.9 Å². The van der Waals surface area contributed by atoms with E-state index in [-0.39, 0.29) is 12.5 Å². The molecule has 0 aromatic rings. The predicted molar refractivity (Wildman–Crippen MR) is 248 cm³/mol. The fourth-order valence-electron chi connectivity index (χ4n) is 9.54. The number of ether oxygens (including phenoxy) is 6. The summed E-state index contributed by atoms with van der Waals surface area (Å²) >= 11 is 0. The number of hydrogen-bond donors (Lipinski definition) is 9. The van der Waals surface area contributed by atoms with Gasteiger partial charge in [-0.3, -0.25) is 4.55 Å². The summed E-state index contributed by atoms with van der Waals surface area (Å²) < 4.78 is 70.0. The third kappa shape index (κ3) is 20.2. The van der Waals surface area contributed by atoms with Gasteiger partial charge in [0, 0.05) is 0 Å². The average Bonchev–Trinajstić information content (AvgIpc) is 3.28. The van der Waals surface area contributed by atoms with Crippen molar-refractivity contribution in [2.45, 2.75) is 279 Å². The Kier molecular flexibility index (Phi) is 29.9. The summed E-state index contributed by atoms with van der Waals surface area (Å²) in [4.78, 5) is 0. The van der Waals surface area contributed by atoms with Gasteiger partial charge in [-0.25, -0.2) is 0 Å². The number of rotatable bonds is 36. The summed E-state index contributed by atoms with van der Waals surface area (Å²) in [5.74, 6) is 0.124. The van der Waals surface area contributed by atoms with Crippen LogP contribution < -0.4 is 0 Å². The van der Waals surface area contributed by atoms with Gasteiger partial charge in [-0.1, -0.05) is 168 Å². The first-order valence-electron chi connectivity index (χ1n) is 25.8. The molecule has 0 bridgehead atoms. The standard InChI is InChI=1S/C48H92O17S/c1-4-6-8-10-12-14-16-18-20-22-24-26-28-34(29-27-25-23-21-19-17-15-13-11-9-7-5-2)32-60-46-41(55)44(65-47-40(54)39(53)37(51)33(3)61-47)43(36(31-50)63-46)64-48-42(56)45(66(57,58)59)38(52)35(30-49)62-48/h33-56H,4-32H2,1-3H3,(H,57,58,59)/t33-,35-,36-,37+,38-,39-,40-,41-,42-,43+,44+,45-,46+,47+,48-/m0/s1. The molecule has 3 rings (SSSR count). The minimum Gasteiger partial charge on any atom is -0.394 e. The van der Waals surface area contributed by atoms with Gasteiger partial charge >= 0.3 is 0 Å². The first-order chi connectivity index (χ1) is 31.7. The molecular formula is C48H92O17S. The second-order valence-electron chi connectivity index (χ2n) is 19.3. The molecule has 0 aromatic carbocycles. The molecule has 0 aromatic heterocycles. The molecule has 15 atom stereocenters. The molecule has 0 spiro atoms. The molecule has 392 valence electrons. The van der Waals surface area contributed by atoms with E-state index in [0.717, 1.165) is 51.4 Å². The fourth-order valence-corrected chi connectivity index (χ4v) is 10.6. The molecule has 66 heavy (non-hydrogen) atoms. The van der Waals surface area contributed by atoms with E-state index in [4.69, 9.17) is 28.4 Å². The van der Waals surface area contributed by atoms with Crippen molar-refractivity contribution in [2.24, 2.45) is 5.92 Å². The van der Waals surface area contributed by atoms with E-state index in [1.165, 1.54) is 122 Å². The molecule has 0 amide bonds. The van der Waals surface area contributed by atoms with Crippen LogP contribution in [0.3, 0.4) is 0 Å². The van der Waals surface area contributed by atoms with Crippen molar-refractivity contribution in [3.05, 3.63) is 0 Å². The zero-order chi connectivity index (χ0) is 48.5. The first-order valence-corrected chi connectivity index (χ1v) is 27.4. The van der Waals surface area contributed by atoms with Crippen LogP contribution in [0.25, 0.3) is 0 Å². The smallest absolute Gasteiger partial charge is 0.273 e. The number of aliphatic hydroxyl groups is 8. The van der Waals surface area contributed by atoms with Crippen molar-refractivity contribution < 1.29 is 82.2 Å². The van der Waals surface area contributed by atoms with Crippen LogP contribution in [0.15, 0.2) is 0 Å². The minimum absolute atomic E-state index is 0.124. The Hall–Kier alpha value is -0.650. The van der Waals surface area contributed by atoms with Crippen LogP contribution in [-0.2, 0) is 38.5 Å². The Morgan fingerprint density at radius 1 is 0.470 bits per heavy atom. The lowest BCUT2D eigenvalue weighted by molar-refractivity contribution is -0.381. The number of hydrogen-bond acceptors (Lipinski definition) is 16. The molecule has 9 N–H and O–H groups in total. The zero-order valence-corrected chi connectivity index (χ0v) is 41.3. The van der Waals surface area contributed by atoms with Gasteiger partial charge in [-0.2, -0.15) is 8.42 Å². The van der Waals surface area contributed by atoms with Gasteiger partial charge in [0.05, 0.1) is 25.9 Å². The lowest BCUT2D eigenvalue weighted by atomic mass is 9.94. The predicted octanol–water partition coefficient (Wildman–Crippen LogP) is 5.17. The van der Waals surface area contributed by atoms with Crippen LogP contribution in [0, 0.1) is 5.92 Å². The second kappa shape index (κ2) is 33.1. The molecule has 3 aliphatic heterocycles. The van der Waals surface area contributed by atoms with Crippen molar-refractivity contribution in [1.82, 2.24) is 0 Å². The molecule has 3 saturated heterocycles. The lowest BCUT2D eigenvalue weighted by Crippen LogP contribution is -2.67. The van der Waals surface area contributed by atoms with Gasteiger partial charge in [-0.15, -0.1) is 0 Å². The quantitative estimate of drug-likeness (QED) is 0.0289. The Balaban J connectivity index is 1.70. The molecule has 0 aliphatic carbocycles. The van der Waals surface area contributed by atoms with Crippen LogP contribution in [0.4, 0.5) is 0 Å². The summed E-state index contributed by atoms with van der Waals surface area (Å²) in [6, 6.07) is 0. The third-order valence-electron chi connectivity index (χ3n) is 13.8. The maximum Gasteiger partial charge on any atom is 0.273 e. The molecule has 3 fully saturated rings. The van der Waals surface area contributed by atoms with E-state index in [2.05, 4.69) is 13.8 Å². The molecule has 3 aliphatic rings. The van der Waals surface area contributed by atoms with Gasteiger partial charge in [-0.05, 0) is 25.7 Å². The van der Waals surface area contributed by atoms with Crippen molar-refractivity contribution in [1.29, 1.82) is 0 Å². The van der Waals surface area contributed by atoms with Crippen LogP contribution >= 0.6 is 0 Å². The van der Waals surface area contributed by atoms with Gasteiger partial charge in [0.25, 0.3) is 10.1 Å². The highest BCUT2D eigenvalue weighted by molar-refractivity contribution is 7.86. The number of unbranched alkanes of at least 4 members (excludes halogenated alkanes) is 22. The molecular weight excluding hydrogens is 881 g/mol. The summed E-state index contributed by atoms with van der Waals surface area (Å²) in [6.45, 7) is 4.38. The van der Waals surface area contributed by atoms with Crippen LogP contribution in [0.2, 0.25) is 0 Å². The Morgan fingerprint density at radius 2 is 0.879 bits per heavy atom. The van der Waals surface area contributed by atoms with Crippen LogP contribution in [0.5, 0.6) is 0 Å². The average molecular weight is 973 g/mol. The summed E-state index contributed by atoms with van der Waals surface area (Å²) in [5, 5.41) is 83.5. The van der Waals surface area contributed by atoms with E-state index < -0.39 is 115 Å². The molecule has 0 unspecified atom stereocenters. The fraction of sp³-hybridized carbons (Fsp3) is 1.00. The normalized spacial score (nSPS) is 33.2. The highest BCUT2D eigenvalue weighted by Crippen LogP contribution is 2.35. The van der Waals surface area contributed by atoms with Gasteiger partial charge in [0.1, 0.15) is 66.3 Å². The summed E-state index contributed by atoms with van der Waals surface area (Å²) in [6.07, 6.45) is 7.86. The van der Waals surface area contributed by atoms with Crippen LogP contribution in [-0.4, -0.2) is 165 Å². The zero-order valence-electron chi connectivity index (χ0n) is 40.4. The molecule has 0 radical (unpaired) electrons. The Morgan fingerprint density at radius 3 is 1.32 bits per heavy atom. The van der Waals surface area contributed by atoms with E-state index in [0.29, 0.717) is 0 Å². The maximum atomic E-state index is 12.3. The second-order valence-corrected chi connectivity index (χ2v) is 20.9. The van der Waals surface area contributed by atoms with Gasteiger partial charge < -0.3 is 69.3 Å². The molecule has 3 heterocycles. The molecule has 17 nitrogen and oxygen atoms in total. The van der Waals surface area contributed by atoms with Crippen molar-refractivity contribution in [2.75, 3.05) is 19.8 Å². The first kappa shape index (κ1) is 59.7. The van der Waals surface area contributed by atoms with Crippen LogP contribution in [0.1, 0.15) is 188 Å². The van der Waals surface area contributed by atoms with E-state index in [9.17, 15) is 53.8 Å². The van der Waals surface area contributed by atoms with E-state index in [1.807, 2.05) is 0 Å². The van der Waals surface area contributed by atoms with E-state index in [1.54, 1.807) is 0 Å². The Bertz CT molecular complexity index is 1300. The maximum absolute atomic E-state index is 12.3. The van der Waals surface area contributed by atoms with Gasteiger partial charge in [0.2, 0.25) is 0 Å². The summed E-state index contributed by atoms with van der Waals surface area (Å²) in [7, 11) is -5.15. The summed E-state index contributed by atoms with van der Waals surface area (Å²) in [5.41, 5.74) is 0. The van der Waals surface area contributed by atoms with Crippen molar-refractivity contribution >= 4 is 10.1 Å². The third-order valence-corrected chi connectivity index (χ3v) is 15.0. The highest BCUT2D eigenvalue weighted by Gasteiger charge is 2.56. The lowest BCUT2D eigenvalue weighted by Gasteiger charge is -2.49. The largest absolute Gasteiger partial charge is 0.394 e. The minimum atomic E-state index is -5.15.